The van der Waals surface area contributed by atoms with E-state index in [0.29, 0.717) is 0 Å². The van der Waals surface area contributed by atoms with Gasteiger partial charge in [-0.25, -0.2) is 0 Å². The van der Waals surface area contributed by atoms with Crippen LogP contribution < -0.4 is 0 Å². The zero-order valence-corrected chi connectivity index (χ0v) is 25.7. The van der Waals surface area contributed by atoms with Crippen LogP contribution in [0.5, 0.6) is 0 Å². The summed E-state index contributed by atoms with van der Waals surface area (Å²) in [5.41, 5.74) is 10.1. The van der Waals surface area contributed by atoms with Gasteiger partial charge in [0.05, 0.1) is 0 Å². The van der Waals surface area contributed by atoms with Gasteiger partial charge in [0.25, 0.3) is 0 Å². The first kappa shape index (κ1) is 27.8. The zero-order chi connectivity index (χ0) is 27.3. The molecule has 3 aromatic rings. The third-order valence-corrected chi connectivity index (χ3v) is 8.03. The maximum atomic E-state index is 4.71. The largest absolute Gasteiger partial charge is 0.0905 e. The van der Waals surface area contributed by atoms with Crippen LogP contribution in [0, 0.1) is 16.2 Å². The van der Waals surface area contributed by atoms with E-state index in [2.05, 4.69) is 118 Å². The summed E-state index contributed by atoms with van der Waals surface area (Å²) in [5.74, 6) is 0. The zero-order valence-electron chi connectivity index (χ0n) is 24.9. The summed E-state index contributed by atoms with van der Waals surface area (Å²) in [6.45, 7) is 27.9. The van der Waals surface area contributed by atoms with Crippen molar-refractivity contribution in [2.45, 2.75) is 98.3 Å². The molecule has 0 atom stereocenters. The van der Waals surface area contributed by atoms with E-state index >= 15 is 0 Å². The van der Waals surface area contributed by atoms with Crippen LogP contribution in [0.4, 0.5) is 0 Å². The molecular formula is C36H46S. The van der Waals surface area contributed by atoms with Crippen LogP contribution in [0.2, 0.25) is 0 Å². The number of allylic oxidation sites excluding steroid dienone is 1. The molecule has 0 nitrogen and oxygen atoms in total. The molecule has 37 heavy (non-hydrogen) atoms. The van der Waals surface area contributed by atoms with E-state index in [1.807, 2.05) is 11.8 Å². The summed E-state index contributed by atoms with van der Waals surface area (Å²) >= 11 is 1.97. The Hall–Kier alpha value is -2.25. The monoisotopic (exact) mass is 510 g/mol. The lowest BCUT2D eigenvalue weighted by molar-refractivity contribution is 0.408. The average molecular weight is 511 g/mol. The molecule has 0 spiro atoms. The molecule has 0 fully saturated rings. The van der Waals surface area contributed by atoms with Crippen molar-refractivity contribution < 1.29 is 0 Å². The smallest absolute Gasteiger partial charge is 0.0239 e. The molecule has 1 heterocycles. The van der Waals surface area contributed by atoms with Crippen LogP contribution in [-0.2, 0) is 19.3 Å². The van der Waals surface area contributed by atoms with E-state index in [9.17, 15) is 0 Å². The Labute approximate surface area is 230 Å². The molecule has 1 aliphatic heterocycles. The molecule has 0 aliphatic carbocycles. The summed E-state index contributed by atoms with van der Waals surface area (Å²) in [4.78, 5) is 2.76. The molecule has 0 N–H and O–H groups in total. The first-order valence-corrected chi connectivity index (χ1v) is 14.6. The van der Waals surface area contributed by atoms with Crippen molar-refractivity contribution in [2.75, 3.05) is 0 Å². The predicted molar refractivity (Wildman–Crippen MR) is 167 cm³/mol. The average Bonchev–Trinajstić information content (AvgIpc) is 2.71. The van der Waals surface area contributed by atoms with Crippen molar-refractivity contribution in [3.63, 3.8) is 0 Å². The highest BCUT2D eigenvalue weighted by Crippen LogP contribution is 2.51. The molecular weight excluding hydrogens is 464 g/mol. The van der Waals surface area contributed by atoms with Crippen molar-refractivity contribution >= 4 is 34.2 Å². The Kier molecular flexibility index (Phi) is 7.36. The highest BCUT2D eigenvalue weighted by molar-refractivity contribution is 7.99. The molecule has 0 unspecified atom stereocenters. The minimum absolute atomic E-state index is 0.189. The number of fused-ring (bicyclic) bond motifs is 3. The normalized spacial score (nSPS) is 14.4. The lowest BCUT2D eigenvalue weighted by Gasteiger charge is -2.30. The lowest BCUT2D eigenvalue weighted by Crippen LogP contribution is -2.14. The number of hydrogen-bond acceptors (Lipinski definition) is 1. The Morgan fingerprint density at radius 1 is 0.757 bits per heavy atom. The summed E-state index contributed by atoms with van der Waals surface area (Å²) in [7, 11) is 0. The SMILES string of the molecule is C=C1c2cc3ccc(CC(C)(C)C)cc3c(CC(C)(C)C)c2Sc2cc(CC(C)(C)C)cc(/C=C\C)c21. The van der Waals surface area contributed by atoms with Gasteiger partial charge in [0.1, 0.15) is 0 Å². The van der Waals surface area contributed by atoms with Crippen LogP contribution in [0.15, 0.2) is 58.8 Å². The Morgan fingerprint density at radius 3 is 1.97 bits per heavy atom. The number of rotatable bonds is 4. The van der Waals surface area contributed by atoms with Gasteiger partial charge < -0.3 is 0 Å². The van der Waals surface area contributed by atoms with Crippen LogP contribution >= 0.6 is 11.8 Å². The third kappa shape index (κ3) is 6.43. The van der Waals surface area contributed by atoms with Gasteiger partial charge in [-0.3, -0.25) is 0 Å². The van der Waals surface area contributed by atoms with Crippen LogP contribution in [-0.4, -0.2) is 0 Å². The van der Waals surface area contributed by atoms with Crippen molar-refractivity contribution in [1.82, 2.24) is 0 Å². The molecule has 0 amide bonds. The predicted octanol–water partition coefficient (Wildman–Crippen LogP) is 11.2. The fraction of sp³-hybridized carbons (Fsp3) is 0.444. The summed E-state index contributed by atoms with van der Waals surface area (Å²) in [6, 6.07) is 14.4. The number of benzene rings is 3. The molecule has 0 bridgehead atoms. The lowest BCUT2D eigenvalue weighted by atomic mass is 9.81. The first-order valence-electron chi connectivity index (χ1n) is 13.8. The number of hydrogen-bond donors (Lipinski definition) is 0. The van der Waals surface area contributed by atoms with Crippen LogP contribution in [0.1, 0.15) is 103 Å². The van der Waals surface area contributed by atoms with Gasteiger partial charge in [-0.1, -0.05) is 117 Å². The third-order valence-electron chi connectivity index (χ3n) is 6.81. The second-order valence-electron chi connectivity index (χ2n) is 14.6. The molecule has 1 aliphatic rings. The Balaban J connectivity index is 1.96. The van der Waals surface area contributed by atoms with Gasteiger partial charge in [0.15, 0.2) is 0 Å². The van der Waals surface area contributed by atoms with Crippen molar-refractivity contribution in [1.29, 1.82) is 0 Å². The Bertz CT molecular complexity index is 1380. The van der Waals surface area contributed by atoms with Crippen molar-refractivity contribution in [2.24, 2.45) is 16.2 Å². The van der Waals surface area contributed by atoms with Crippen LogP contribution in [0.25, 0.3) is 22.4 Å². The minimum atomic E-state index is 0.189. The van der Waals surface area contributed by atoms with E-state index in [0.717, 1.165) is 24.8 Å². The second-order valence-corrected chi connectivity index (χ2v) is 15.7. The van der Waals surface area contributed by atoms with Gasteiger partial charge in [-0.05, 0) is 98.7 Å². The van der Waals surface area contributed by atoms with Gasteiger partial charge in [0.2, 0.25) is 0 Å². The van der Waals surface area contributed by atoms with Gasteiger partial charge in [0, 0.05) is 15.4 Å². The molecule has 0 saturated heterocycles. The topological polar surface area (TPSA) is 0 Å². The van der Waals surface area contributed by atoms with Crippen LogP contribution in [0.3, 0.4) is 0 Å². The van der Waals surface area contributed by atoms with E-state index in [-0.39, 0.29) is 16.2 Å². The fourth-order valence-corrected chi connectivity index (χ4v) is 7.01. The minimum Gasteiger partial charge on any atom is -0.0905 e. The quantitative estimate of drug-likeness (QED) is 0.263. The van der Waals surface area contributed by atoms with E-state index < -0.39 is 0 Å². The molecule has 196 valence electrons. The highest BCUT2D eigenvalue weighted by Gasteiger charge is 2.28. The second kappa shape index (κ2) is 9.81. The molecule has 1 heteroatoms. The van der Waals surface area contributed by atoms with E-state index in [1.165, 1.54) is 53.9 Å². The van der Waals surface area contributed by atoms with Gasteiger partial charge in [-0.2, -0.15) is 0 Å². The van der Waals surface area contributed by atoms with Gasteiger partial charge in [-0.15, -0.1) is 0 Å². The molecule has 0 saturated carbocycles. The summed E-state index contributed by atoms with van der Waals surface area (Å²) in [6.07, 6.45) is 7.61. The first-order chi connectivity index (χ1) is 17.0. The summed E-state index contributed by atoms with van der Waals surface area (Å²) < 4.78 is 0. The maximum Gasteiger partial charge on any atom is 0.0239 e. The highest BCUT2D eigenvalue weighted by atomic mass is 32.2. The summed E-state index contributed by atoms with van der Waals surface area (Å²) in [5, 5.41) is 2.75. The molecule has 3 aromatic carbocycles. The standard InChI is InChI=1S/C36H46S/c1-12-13-27-16-25(21-35(6,7)8)18-31-32(27)23(2)28-19-26-15-14-24(20-34(3,4)5)17-29(26)30(33(28)37-31)22-36(9,10)11/h12-19H,2,20-22H2,1,3-11H3/b13-12-. The maximum absolute atomic E-state index is 4.71. The molecule has 0 aromatic heterocycles. The van der Waals surface area contributed by atoms with Gasteiger partial charge >= 0.3 is 0 Å². The Morgan fingerprint density at radius 2 is 1.38 bits per heavy atom. The fourth-order valence-electron chi connectivity index (χ4n) is 5.64. The molecule has 4 rings (SSSR count). The van der Waals surface area contributed by atoms with Crippen molar-refractivity contribution in [3.8, 4) is 0 Å². The van der Waals surface area contributed by atoms with E-state index in [1.54, 1.807) is 0 Å². The van der Waals surface area contributed by atoms with E-state index in [4.69, 9.17) is 6.58 Å². The molecule has 0 radical (unpaired) electrons. The van der Waals surface area contributed by atoms with Crippen molar-refractivity contribution in [3.05, 3.63) is 82.4 Å².